The second-order valence-electron chi connectivity index (χ2n) is 7.87. The summed E-state index contributed by atoms with van der Waals surface area (Å²) < 4.78 is 0. The summed E-state index contributed by atoms with van der Waals surface area (Å²) in [5, 5.41) is 18.1. The van der Waals surface area contributed by atoms with E-state index in [1.54, 1.807) is 0 Å². The third kappa shape index (κ3) is 2.29. The summed E-state index contributed by atoms with van der Waals surface area (Å²) in [6, 6.07) is 5.95. The van der Waals surface area contributed by atoms with Gasteiger partial charge in [0.15, 0.2) is 0 Å². The van der Waals surface area contributed by atoms with Crippen LogP contribution < -0.4 is 11.5 Å². The van der Waals surface area contributed by atoms with Crippen molar-refractivity contribution >= 4 is 11.7 Å². The highest BCUT2D eigenvalue weighted by Crippen LogP contribution is 2.59. The van der Waals surface area contributed by atoms with Crippen molar-refractivity contribution in [3.8, 4) is 5.75 Å². The molecular weight excluding hydrogens is 300 g/mol. The fourth-order valence-electron chi connectivity index (χ4n) is 5.64. The Hall–Kier alpha value is -2.04. The second kappa shape index (κ2) is 5.50. The van der Waals surface area contributed by atoms with Crippen LogP contribution in [0.1, 0.15) is 56.1 Å². The highest BCUT2D eigenvalue weighted by atomic mass is 16.3. The summed E-state index contributed by atoms with van der Waals surface area (Å²) in [5.74, 6) is 2.41. The van der Waals surface area contributed by atoms with Crippen LogP contribution in [0, 0.1) is 17.3 Å². The largest absolute Gasteiger partial charge is 0.508 e. The van der Waals surface area contributed by atoms with Crippen LogP contribution in [0.2, 0.25) is 0 Å². The van der Waals surface area contributed by atoms with Crippen LogP contribution in [0.3, 0.4) is 0 Å². The molecule has 5 heteroatoms. The van der Waals surface area contributed by atoms with Gasteiger partial charge in [-0.3, -0.25) is 0 Å². The molecule has 0 aliphatic heterocycles. The molecule has 1 aromatic rings. The lowest BCUT2D eigenvalue weighted by Gasteiger charge is -2.49. The fraction of sp³-hybridized carbons (Fsp3) is 0.579. The smallest absolute Gasteiger partial charge is 0.211 e. The topological polar surface area (TPSA) is 97.0 Å². The molecule has 0 heterocycles. The molecule has 0 spiro atoms. The minimum absolute atomic E-state index is 0.0367. The highest BCUT2D eigenvalue weighted by molar-refractivity contribution is 5.93. The average molecular weight is 326 g/mol. The molecule has 0 saturated heterocycles. The van der Waals surface area contributed by atoms with Gasteiger partial charge >= 0.3 is 0 Å². The lowest BCUT2D eigenvalue weighted by Crippen LogP contribution is -2.42. The molecule has 5 nitrogen and oxygen atoms in total. The Morgan fingerprint density at radius 3 is 2.83 bits per heavy atom. The first-order chi connectivity index (χ1) is 11.5. The number of aromatic hydroxyl groups is 1. The van der Waals surface area contributed by atoms with E-state index in [2.05, 4.69) is 23.2 Å². The Kier molecular flexibility index (Phi) is 3.55. The monoisotopic (exact) mass is 326 g/mol. The van der Waals surface area contributed by atoms with Crippen molar-refractivity contribution in [1.82, 2.24) is 0 Å². The Bertz CT molecular complexity index is 722. The predicted octanol–water partition coefficient (Wildman–Crippen LogP) is 2.88. The van der Waals surface area contributed by atoms with Crippen LogP contribution in [0.4, 0.5) is 0 Å². The molecule has 128 valence electrons. The van der Waals surface area contributed by atoms with Crippen molar-refractivity contribution < 1.29 is 5.11 Å². The van der Waals surface area contributed by atoms with E-state index >= 15 is 0 Å². The van der Waals surface area contributed by atoms with Crippen LogP contribution in [-0.4, -0.2) is 16.8 Å². The maximum Gasteiger partial charge on any atom is 0.211 e. The number of fused-ring (bicyclic) bond motifs is 5. The van der Waals surface area contributed by atoms with Crippen LogP contribution in [0.15, 0.2) is 28.4 Å². The predicted molar refractivity (Wildman–Crippen MR) is 96.0 cm³/mol. The zero-order valence-corrected chi connectivity index (χ0v) is 14.2. The Morgan fingerprint density at radius 2 is 2.04 bits per heavy atom. The fourth-order valence-corrected chi connectivity index (χ4v) is 5.64. The van der Waals surface area contributed by atoms with Crippen molar-refractivity contribution in [2.75, 3.05) is 0 Å². The van der Waals surface area contributed by atoms with Crippen molar-refractivity contribution in [2.45, 2.75) is 51.4 Å². The van der Waals surface area contributed by atoms with E-state index in [1.807, 2.05) is 12.1 Å². The molecule has 4 atom stereocenters. The van der Waals surface area contributed by atoms with Crippen LogP contribution in [0.5, 0.6) is 5.75 Å². The third-order valence-corrected chi connectivity index (χ3v) is 6.74. The van der Waals surface area contributed by atoms with Crippen LogP contribution in [0.25, 0.3) is 0 Å². The van der Waals surface area contributed by atoms with Gasteiger partial charge in [-0.25, -0.2) is 0 Å². The number of phenolic OH excluding ortho intramolecular Hbond substituents is 1. The third-order valence-electron chi connectivity index (χ3n) is 6.74. The number of hydrogen-bond donors (Lipinski definition) is 3. The van der Waals surface area contributed by atoms with E-state index in [-0.39, 0.29) is 11.4 Å². The normalized spacial score (nSPS) is 35.9. The molecular formula is C19H26N4O. The van der Waals surface area contributed by atoms with Crippen molar-refractivity contribution in [3.05, 3.63) is 29.3 Å². The van der Waals surface area contributed by atoms with Gasteiger partial charge < -0.3 is 16.6 Å². The van der Waals surface area contributed by atoms with E-state index in [0.29, 0.717) is 23.5 Å². The molecule has 0 unspecified atom stereocenters. The van der Waals surface area contributed by atoms with Crippen molar-refractivity contribution in [2.24, 2.45) is 38.9 Å². The molecule has 2 fully saturated rings. The Labute approximate surface area is 142 Å². The van der Waals surface area contributed by atoms with E-state index in [4.69, 9.17) is 11.5 Å². The average Bonchev–Trinajstić information content (AvgIpc) is 2.89. The lowest BCUT2D eigenvalue weighted by atomic mass is 9.55. The summed E-state index contributed by atoms with van der Waals surface area (Å²) in [6.45, 7) is 2.36. The molecule has 3 aliphatic rings. The highest BCUT2D eigenvalue weighted by Gasteiger charge is 2.53. The van der Waals surface area contributed by atoms with Crippen LogP contribution in [-0.2, 0) is 6.42 Å². The van der Waals surface area contributed by atoms with Gasteiger partial charge in [0.1, 0.15) is 5.75 Å². The zero-order chi connectivity index (χ0) is 16.9. The zero-order valence-electron chi connectivity index (χ0n) is 14.2. The maximum absolute atomic E-state index is 9.77. The second-order valence-corrected chi connectivity index (χ2v) is 7.87. The van der Waals surface area contributed by atoms with Gasteiger partial charge in [0, 0.05) is 11.1 Å². The number of guanidine groups is 1. The molecule has 0 amide bonds. The lowest BCUT2D eigenvalue weighted by molar-refractivity contribution is 0.0955. The number of rotatable bonds is 1. The molecule has 1 aromatic carbocycles. The molecule has 0 bridgehead atoms. The molecule has 4 rings (SSSR count). The minimum atomic E-state index is 0.0367. The van der Waals surface area contributed by atoms with Crippen molar-refractivity contribution in [1.29, 1.82) is 0 Å². The van der Waals surface area contributed by atoms with Gasteiger partial charge in [-0.1, -0.05) is 13.0 Å². The standard InChI is InChI=1S/C19H26N4O/c1-19-9-8-14-13-5-3-12(24)10-11(13)2-4-15(14)16(19)6-7-17(19)22-23-18(20)21/h3,5,10,14-16,24H,2,4,6-9H2,1H3,(H4,20,21,23)/b22-17-/t14-,15+,16+,19-/m1/s1. The summed E-state index contributed by atoms with van der Waals surface area (Å²) >= 11 is 0. The molecule has 5 N–H and O–H groups in total. The summed E-state index contributed by atoms with van der Waals surface area (Å²) in [6.07, 6.45) is 6.77. The van der Waals surface area contributed by atoms with Crippen LogP contribution >= 0.6 is 0 Å². The van der Waals surface area contributed by atoms with Gasteiger partial charge in [-0.15, -0.1) is 5.10 Å². The van der Waals surface area contributed by atoms with E-state index < -0.39 is 0 Å². The minimum Gasteiger partial charge on any atom is -0.508 e. The Morgan fingerprint density at radius 1 is 1.21 bits per heavy atom. The molecule has 24 heavy (non-hydrogen) atoms. The first-order valence-electron chi connectivity index (χ1n) is 8.97. The first kappa shape index (κ1) is 15.5. The van der Waals surface area contributed by atoms with Gasteiger partial charge in [0.05, 0.1) is 0 Å². The first-order valence-corrected chi connectivity index (χ1v) is 8.97. The SMILES string of the molecule is C[C@@]12CC[C@@H]3c4ccc(O)cc4CC[C@@H]3[C@@H]1CC/C2=N/N=C(N)N. The summed E-state index contributed by atoms with van der Waals surface area (Å²) in [4.78, 5) is 0. The molecule has 0 radical (unpaired) electrons. The van der Waals surface area contributed by atoms with E-state index in [0.717, 1.165) is 19.3 Å². The van der Waals surface area contributed by atoms with E-state index in [9.17, 15) is 5.11 Å². The molecule has 2 saturated carbocycles. The van der Waals surface area contributed by atoms with Crippen molar-refractivity contribution in [3.63, 3.8) is 0 Å². The quantitative estimate of drug-likeness (QED) is 0.420. The van der Waals surface area contributed by atoms with E-state index in [1.165, 1.54) is 36.1 Å². The van der Waals surface area contributed by atoms with Gasteiger partial charge in [0.2, 0.25) is 5.96 Å². The number of nitrogens with two attached hydrogens (primary N) is 2. The summed E-state index contributed by atoms with van der Waals surface area (Å²) in [7, 11) is 0. The number of aryl methyl sites for hydroxylation is 1. The number of hydrogen-bond acceptors (Lipinski definition) is 3. The number of benzene rings is 1. The van der Waals surface area contributed by atoms with Gasteiger partial charge in [-0.05, 0) is 79.5 Å². The summed E-state index contributed by atoms with van der Waals surface area (Å²) in [5.41, 5.74) is 15.0. The maximum atomic E-state index is 9.77. The molecule has 0 aromatic heterocycles. The Balaban J connectivity index is 1.66. The van der Waals surface area contributed by atoms with Gasteiger partial charge in [0.25, 0.3) is 0 Å². The number of phenols is 1. The molecule has 3 aliphatic carbocycles. The number of nitrogens with zero attached hydrogens (tertiary/aromatic N) is 2. The van der Waals surface area contributed by atoms with Gasteiger partial charge in [-0.2, -0.15) is 5.10 Å².